The van der Waals surface area contributed by atoms with Crippen molar-refractivity contribution in [1.82, 2.24) is 9.21 Å². The summed E-state index contributed by atoms with van der Waals surface area (Å²) in [5.41, 5.74) is 5.05. The van der Waals surface area contributed by atoms with E-state index in [0.29, 0.717) is 58.5 Å². The summed E-state index contributed by atoms with van der Waals surface area (Å²) in [6, 6.07) is 20.8. The Morgan fingerprint density at radius 1 is 0.945 bits per heavy atom. The lowest BCUT2D eigenvalue weighted by Gasteiger charge is -2.43. The van der Waals surface area contributed by atoms with E-state index in [1.165, 1.54) is 4.31 Å². The predicted molar refractivity (Wildman–Crippen MR) is 215 cm³/mol. The van der Waals surface area contributed by atoms with E-state index < -0.39 is 22.2 Å². The fraction of sp³-hybridized carbons (Fsp3) is 0.558. The Labute approximate surface area is 328 Å². The highest BCUT2D eigenvalue weighted by molar-refractivity contribution is 7.89. The number of hydrogen-bond donors (Lipinski definition) is 0. The molecule has 55 heavy (non-hydrogen) atoms. The lowest BCUT2D eigenvalue weighted by molar-refractivity contribution is -0.132. The van der Waals surface area contributed by atoms with Crippen molar-refractivity contribution in [3.05, 3.63) is 89.0 Å². The summed E-state index contributed by atoms with van der Waals surface area (Å²) in [4.78, 5) is 18.0. The lowest BCUT2D eigenvalue weighted by Crippen LogP contribution is -2.53. The van der Waals surface area contributed by atoms with Gasteiger partial charge in [-0.15, -0.1) is 0 Å². The number of methoxy groups -OCH3 is 2. The van der Waals surface area contributed by atoms with Gasteiger partial charge in [0.15, 0.2) is 0 Å². The van der Waals surface area contributed by atoms with Gasteiger partial charge in [-0.3, -0.25) is 4.79 Å². The summed E-state index contributed by atoms with van der Waals surface area (Å²) < 4.78 is 59.8. The number of benzene rings is 3. The second kappa shape index (κ2) is 20.6. The lowest BCUT2D eigenvalue weighted by atomic mass is 9.82. The highest BCUT2D eigenvalue weighted by Gasteiger charge is 2.44. The fourth-order valence-corrected chi connectivity index (χ4v) is 9.23. The maximum Gasteiger partial charge on any atom is 0.243 e. The Hall–Kier alpha value is -3.52. The van der Waals surface area contributed by atoms with Crippen LogP contribution in [0.1, 0.15) is 68.2 Å². The van der Waals surface area contributed by atoms with Crippen molar-refractivity contribution < 1.29 is 36.9 Å². The third-order valence-corrected chi connectivity index (χ3v) is 12.6. The van der Waals surface area contributed by atoms with Gasteiger partial charge in [-0.2, -0.15) is 4.31 Å². The molecule has 1 fully saturated rings. The van der Waals surface area contributed by atoms with Gasteiger partial charge in [0.1, 0.15) is 12.4 Å². The quantitative estimate of drug-likeness (QED) is 0.120. The van der Waals surface area contributed by atoms with Crippen molar-refractivity contribution >= 4 is 21.6 Å². The minimum atomic E-state index is -3.97. The first-order valence-corrected chi connectivity index (χ1v) is 21.1. The van der Waals surface area contributed by atoms with Crippen molar-refractivity contribution in [2.45, 2.75) is 83.1 Å². The minimum Gasteiger partial charge on any atom is -0.490 e. The molecule has 2 aliphatic heterocycles. The Morgan fingerprint density at radius 2 is 1.67 bits per heavy atom. The molecule has 0 N–H and O–H groups in total. The zero-order chi connectivity index (χ0) is 39.4. The van der Waals surface area contributed by atoms with Crippen LogP contribution in [0.3, 0.4) is 0 Å². The first kappa shape index (κ1) is 42.6. The molecule has 2 heterocycles. The van der Waals surface area contributed by atoms with E-state index in [2.05, 4.69) is 42.2 Å². The van der Waals surface area contributed by atoms with E-state index in [9.17, 15) is 13.2 Å². The zero-order valence-electron chi connectivity index (χ0n) is 33.6. The fourth-order valence-electron chi connectivity index (χ4n) is 7.58. The second-order valence-corrected chi connectivity index (χ2v) is 16.7. The molecular weight excluding hydrogens is 719 g/mol. The minimum absolute atomic E-state index is 0.0567. The van der Waals surface area contributed by atoms with Crippen molar-refractivity contribution in [2.75, 3.05) is 78.3 Å². The van der Waals surface area contributed by atoms with E-state index in [1.807, 2.05) is 45.0 Å². The van der Waals surface area contributed by atoms with Crippen LogP contribution < -0.4 is 9.64 Å². The van der Waals surface area contributed by atoms with Gasteiger partial charge < -0.3 is 33.5 Å². The molecule has 0 aromatic heterocycles. The maximum atomic E-state index is 14.5. The molecule has 11 nitrogen and oxygen atoms in total. The van der Waals surface area contributed by atoms with Gasteiger partial charge in [-0.1, -0.05) is 55.0 Å². The summed E-state index contributed by atoms with van der Waals surface area (Å²) in [5, 5.41) is 0. The molecule has 1 unspecified atom stereocenters. The number of sulfonamides is 1. The third-order valence-electron chi connectivity index (χ3n) is 10.6. The van der Waals surface area contributed by atoms with Crippen LogP contribution in [0.5, 0.6) is 5.75 Å². The van der Waals surface area contributed by atoms with Gasteiger partial charge in [0, 0.05) is 71.3 Å². The number of piperidine rings is 1. The number of hydrogen-bond acceptors (Lipinski definition) is 9. The monoisotopic (exact) mass is 779 g/mol. The molecule has 1 amide bonds. The molecule has 0 bridgehead atoms. The topological polar surface area (TPSA) is 107 Å². The van der Waals surface area contributed by atoms with Gasteiger partial charge >= 0.3 is 0 Å². The Morgan fingerprint density at radius 3 is 2.36 bits per heavy atom. The van der Waals surface area contributed by atoms with Gasteiger partial charge in [0.2, 0.25) is 15.9 Å². The molecule has 0 radical (unpaired) electrons. The molecule has 5 rings (SSSR count). The summed E-state index contributed by atoms with van der Waals surface area (Å²) in [6.45, 7) is 14.1. The summed E-state index contributed by atoms with van der Waals surface area (Å²) in [7, 11) is -0.558. The zero-order valence-corrected chi connectivity index (χ0v) is 34.4. The van der Waals surface area contributed by atoms with E-state index in [-0.39, 0.29) is 36.3 Å². The van der Waals surface area contributed by atoms with Crippen LogP contribution in [0.2, 0.25) is 0 Å². The SMILES string of the molecule is CCN(CC)C(=O)C[C@H]1C[C@H](c2ccc(COCC(C)COC)cc2)[C@@H](OCc2ccc3c(c2)N(CCCOC)CCO3)CN1S(=O)(=O)c1ccc(C)cc1. The molecule has 3 aromatic rings. The number of carbonyl (C=O) groups excluding carboxylic acids is 1. The molecular formula is C43H61N3O8S. The van der Waals surface area contributed by atoms with Crippen molar-refractivity contribution in [2.24, 2.45) is 5.92 Å². The molecule has 3 aromatic carbocycles. The number of rotatable bonds is 20. The summed E-state index contributed by atoms with van der Waals surface area (Å²) >= 11 is 0. The summed E-state index contributed by atoms with van der Waals surface area (Å²) in [5.74, 6) is 0.915. The van der Waals surface area contributed by atoms with Crippen molar-refractivity contribution in [3.63, 3.8) is 0 Å². The molecule has 0 spiro atoms. The molecule has 302 valence electrons. The number of carbonyl (C=O) groups is 1. The molecule has 12 heteroatoms. The number of nitrogens with zero attached hydrogens (tertiary/aromatic N) is 3. The van der Waals surface area contributed by atoms with E-state index in [0.717, 1.165) is 53.2 Å². The molecule has 0 aliphatic carbocycles. The van der Waals surface area contributed by atoms with Gasteiger partial charge in [0.05, 0.1) is 49.7 Å². The third kappa shape index (κ3) is 11.3. The standard InChI is InChI=1S/C43H61N3O8S/c1-7-44(8-2)43(47)26-37-25-39(36-15-12-34(13-16-36)30-52-29-33(4)28-51-6)42(27-46(37)55(48,49)38-17-10-32(3)11-18-38)54-31-35-14-19-41-40(24-35)45(21-23-53-41)20-9-22-50-5/h10-19,24,33,37,39,42H,7-9,20-23,25-31H2,1-6H3/t33?,37-,39-,42+/m1/s1. The second-order valence-electron chi connectivity index (χ2n) is 14.8. The predicted octanol–water partition coefficient (Wildman–Crippen LogP) is 6.42. The largest absolute Gasteiger partial charge is 0.490 e. The number of anilines is 1. The summed E-state index contributed by atoms with van der Waals surface area (Å²) in [6.07, 6.45) is 0.938. The van der Waals surface area contributed by atoms with Crippen LogP contribution in [0, 0.1) is 12.8 Å². The molecule has 1 saturated heterocycles. The van der Waals surface area contributed by atoms with Crippen LogP contribution in [0.4, 0.5) is 5.69 Å². The normalized spacial score (nSPS) is 19.5. The maximum absolute atomic E-state index is 14.5. The first-order valence-electron chi connectivity index (χ1n) is 19.7. The van der Waals surface area contributed by atoms with Crippen LogP contribution in [-0.2, 0) is 47.0 Å². The van der Waals surface area contributed by atoms with Gasteiger partial charge in [-0.05, 0) is 74.6 Å². The number of ether oxygens (including phenoxy) is 5. The van der Waals surface area contributed by atoms with E-state index in [4.69, 9.17) is 23.7 Å². The molecule has 0 saturated carbocycles. The Kier molecular flexibility index (Phi) is 16.0. The van der Waals surface area contributed by atoms with Crippen LogP contribution >= 0.6 is 0 Å². The Balaban J connectivity index is 1.45. The van der Waals surface area contributed by atoms with Crippen LogP contribution in [0.25, 0.3) is 0 Å². The Bertz CT molecular complexity index is 1750. The number of aryl methyl sites for hydroxylation is 1. The van der Waals surface area contributed by atoms with E-state index >= 15 is 0 Å². The van der Waals surface area contributed by atoms with Crippen molar-refractivity contribution in [3.8, 4) is 5.75 Å². The van der Waals surface area contributed by atoms with Crippen molar-refractivity contribution in [1.29, 1.82) is 0 Å². The highest BCUT2D eigenvalue weighted by atomic mass is 32.2. The van der Waals surface area contributed by atoms with E-state index in [1.54, 1.807) is 31.3 Å². The van der Waals surface area contributed by atoms with Crippen LogP contribution in [0.15, 0.2) is 71.6 Å². The molecule has 4 atom stereocenters. The number of amides is 1. The smallest absolute Gasteiger partial charge is 0.243 e. The number of fused-ring (bicyclic) bond motifs is 1. The molecule has 2 aliphatic rings. The average Bonchev–Trinajstić information content (AvgIpc) is 3.18. The van der Waals surface area contributed by atoms with Gasteiger partial charge in [-0.25, -0.2) is 8.42 Å². The van der Waals surface area contributed by atoms with Crippen LogP contribution in [-0.4, -0.2) is 109 Å². The average molecular weight is 780 g/mol. The first-order chi connectivity index (χ1) is 26.6. The van der Waals surface area contributed by atoms with Gasteiger partial charge in [0.25, 0.3) is 0 Å². The highest BCUT2D eigenvalue weighted by Crippen LogP contribution is 2.39.